The predicted molar refractivity (Wildman–Crippen MR) is 123 cm³/mol. The molecule has 0 aliphatic carbocycles. The number of nitrogens with zero attached hydrogens (tertiary/aromatic N) is 3. The van der Waals surface area contributed by atoms with Crippen molar-refractivity contribution >= 4 is 11.6 Å². The van der Waals surface area contributed by atoms with Crippen LogP contribution in [0.1, 0.15) is 27.5 Å². The van der Waals surface area contributed by atoms with E-state index in [9.17, 15) is 9.18 Å². The van der Waals surface area contributed by atoms with Crippen LogP contribution in [0.2, 0.25) is 0 Å². The van der Waals surface area contributed by atoms with Crippen LogP contribution in [0.25, 0.3) is 0 Å². The fourth-order valence-electron chi connectivity index (χ4n) is 4.16. The maximum absolute atomic E-state index is 13.5. The van der Waals surface area contributed by atoms with Crippen LogP contribution in [-0.4, -0.2) is 56.0 Å². The molecule has 1 saturated heterocycles. The minimum absolute atomic E-state index is 0.0402. The summed E-state index contributed by atoms with van der Waals surface area (Å²) in [5, 5.41) is 0. The van der Waals surface area contributed by atoms with Gasteiger partial charge in [-0.3, -0.25) is 9.69 Å². The van der Waals surface area contributed by atoms with Crippen LogP contribution in [0.5, 0.6) is 0 Å². The van der Waals surface area contributed by atoms with Gasteiger partial charge in [0.25, 0.3) is 5.91 Å². The third-order valence-electron chi connectivity index (χ3n) is 5.90. The molecule has 4 nitrogen and oxygen atoms in total. The second kappa shape index (κ2) is 9.31. The summed E-state index contributed by atoms with van der Waals surface area (Å²) in [6.07, 6.45) is 0. The molecule has 5 heteroatoms. The Morgan fingerprint density at radius 1 is 0.806 bits per heavy atom. The lowest BCUT2D eigenvalue weighted by Crippen LogP contribution is -2.49. The van der Waals surface area contributed by atoms with Crippen LogP contribution >= 0.6 is 0 Å². The molecule has 0 N–H and O–H groups in total. The molecule has 1 aliphatic rings. The third-order valence-corrected chi connectivity index (χ3v) is 5.90. The van der Waals surface area contributed by atoms with Crippen LogP contribution in [0.3, 0.4) is 0 Å². The Balaban J connectivity index is 1.48. The normalized spacial score (nSPS) is 15.5. The summed E-state index contributed by atoms with van der Waals surface area (Å²) in [6.45, 7) is 2.86. The fraction of sp³-hybridized carbons (Fsp3) is 0.269. The number of piperazine rings is 1. The molecule has 31 heavy (non-hydrogen) atoms. The Labute approximate surface area is 183 Å². The van der Waals surface area contributed by atoms with E-state index in [1.54, 1.807) is 0 Å². The maximum Gasteiger partial charge on any atom is 0.253 e. The van der Waals surface area contributed by atoms with E-state index in [0.717, 1.165) is 29.9 Å². The van der Waals surface area contributed by atoms with E-state index < -0.39 is 0 Å². The highest BCUT2D eigenvalue weighted by atomic mass is 19.1. The summed E-state index contributed by atoms with van der Waals surface area (Å²) in [6, 6.07) is 24.8. The lowest BCUT2D eigenvalue weighted by molar-refractivity contribution is 0.0597. The molecular formula is C26H28FN3O. The smallest absolute Gasteiger partial charge is 0.253 e. The molecule has 1 aliphatic heterocycles. The standard InChI is InChI=1S/C26H28FN3O/c1-28(2)24-14-10-22(11-15-24)26(31)30-18-16-29(17-19-30)25(20-6-4-3-5-7-20)21-8-12-23(27)13-9-21/h3-15,25H,16-19H2,1-2H3. The highest BCUT2D eigenvalue weighted by Gasteiger charge is 2.28. The molecule has 0 spiro atoms. The average Bonchev–Trinajstić information content (AvgIpc) is 2.81. The third kappa shape index (κ3) is 4.78. The van der Waals surface area contributed by atoms with Crippen molar-refractivity contribution < 1.29 is 9.18 Å². The Bertz CT molecular complexity index is 995. The second-order valence-electron chi connectivity index (χ2n) is 8.13. The number of amides is 1. The Kier molecular flexibility index (Phi) is 6.33. The SMILES string of the molecule is CN(C)c1ccc(C(=O)N2CCN(C(c3ccccc3)c3ccc(F)cc3)CC2)cc1. The van der Waals surface area contributed by atoms with Crippen molar-refractivity contribution in [3.05, 3.63) is 101 Å². The molecule has 1 heterocycles. The molecule has 4 rings (SSSR count). The molecular weight excluding hydrogens is 389 g/mol. The van der Waals surface area contributed by atoms with Crippen LogP contribution in [0, 0.1) is 5.82 Å². The van der Waals surface area contributed by atoms with Crippen LogP contribution in [-0.2, 0) is 0 Å². The van der Waals surface area contributed by atoms with E-state index in [4.69, 9.17) is 0 Å². The zero-order valence-electron chi connectivity index (χ0n) is 18.0. The number of hydrogen-bond acceptors (Lipinski definition) is 3. The van der Waals surface area contributed by atoms with Crippen molar-refractivity contribution in [3.8, 4) is 0 Å². The average molecular weight is 418 g/mol. The molecule has 160 valence electrons. The zero-order chi connectivity index (χ0) is 21.8. The molecule has 1 unspecified atom stereocenters. The van der Waals surface area contributed by atoms with Gasteiger partial charge in [0.2, 0.25) is 0 Å². The number of carbonyl (C=O) groups excluding carboxylic acids is 1. The van der Waals surface area contributed by atoms with Gasteiger partial charge >= 0.3 is 0 Å². The number of hydrogen-bond donors (Lipinski definition) is 0. The Hall–Kier alpha value is -3.18. The summed E-state index contributed by atoms with van der Waals surface area (Å²) in [5.41, 5.74) is 4.03. The number of halogens is 1. The van der Waals surface area contributed by atoms with Crippen molar-refractivity contribution in [2.24, 2.45) is 0 Å². The van der Waals surface area contributed by atoms with Gasteiger partial charge < -0.3 is 9.80 Å². The maximum atomic E-state index is 13.5. The first-order valence-corrected chi connectivity index (χ1v) is 10.6. The van der Waals surface area contributed by atoms with E-state index >= 15 is 0 Å². The van der Waals surface area contributed by atoms with Gasteiger partial charge in [0, 0.05) is 51.5 Å². The first-order valence-electron chi connectivity index (χ1n) is 10.6. The minimum Gasteiger partial charge on any atom is -0.378 e. The van der Waals surface area contributed by atoms with Gasteiger partial charge in [0.1, 0.15) is 5.82 Å². The molecule has 0 saturated carbocycles. The van der Waals surface area contributed by atoms with Crippen molar-refractivity contribution in [1.82, 2.24) is 9.80 Å². The summed E-state index contributed by atoms with van der Waals surface area (Å²) in [7, 11) is 3.97. The summed E-state index contributed by atoms with van der Waals surface area (Å²) < 4.78 is 13.5. The summed E-state index contributed by atoms with van der Waals surface area (Å²) in [4.78, 5) is 19.3. The van der Waals surface area contributed by atoms with E-state index in [2.05, 4.69) is 17.0 Å². The molecule has 0 bridgehead atoms. The van der Waals surface area contributed by atoms with E-state index in [1.165, 1.54) is 17.7 Å². The highest BCUT2D eigenvalue weighted by Crippen LogP contribution is 2.30. The van der Waals surface area contributed by atoms with Gasteiger partial charge in [-0.1, -0.05) is 42.5 Å². The van der Waals surface area contributed by atoms with Gasteiger partial charge in [-0.2, -0.15) is 0 Å². The van der Waals surface area contributed by atoms with Gasteiger partial charge in [0.15, 0.2) is 0 Å². The molecule has 1 fully saturated rings. The van der Waals surface area contributed by atoms with Gasteiger partial charge in [0.05, 0.1) is 6.04 Å². The molecule has 0 aromatic heterocycles. The number of anilines is 1. The second-order valence-corrected chi connectivity index (χ2v) is 8.13. The first kappa shape index (κ1) is 21.1. The highest BCUT2D eigenvalue weighted by molar-refractivity contribution is 5.94. The number of carbonyl (C=O) groups is 1. The van der Waals surface area contributed by atoms with Gasteiger partial charge in [-0.25, -0.2) is 4.39 Å². The van der Waals surface area contributed by atoms with E-state index in [1.807, 2.05) is 78.5 Å². The molecule has 0 radical (unpaired) electrons. The largest absolute Gasteiger partial charge is 0.378 e. The summed E-state index contributed by atoms with van der Waals surface area (Å²) >= 11 is 0. The van der Waals surface area contributed by atoms with Crippen LogP contribution < -0.4 is 4.90 Å². The zero-order valence-corrected chi connectivity index (χ0v) is 18.0. The van der Waals surface area contributed by atoms with Crippen molar-refractivity contribution in [1.29, 1.82) is 0 Å². The monoisotopic (exact) mass is 417 g/mol. The van der Waals surface area contributed by atoms with Crippen LogP contribution in [0.15, 0.2) is 78.9 Å². The Morgan fingerprint density at radius 3 is 1.97 bits per heavy atom. The van der Waals surface area contributed by atoms with Crippen molar-refractivity contribution in [2.75, 3.05) is 45.2 Å². The van der Waals surface area contributed by atoms with Crippen molar-refractivity contribution in [2.45, 2.75) is 6.04 Å². The lowest BCUT2D eigenvalue weighted by Gasteiger charge is -2.39. The predicted octanol–water partition coefficient (Wildman–Crippen LogP) is 4.44. The quantitative estimate of drug-likeness (QED) is 0.614. The van der Waals surface area contributed by atoms with Crippen LogP contribution in [0.4, 0.5) is 10.1 Å². The first-order chi connectivity index (χ1) is 15.0. The molecule has 3 aromatic carbocycles. The molecule has 1 amide bonds. The van der Waals surface area contributed by atoms with Gasteiger partial charge in [-0.15, -0.1) is 0 Å². The minimum atomic E-state index is -0.230. The summed E-state index contributed by atoms with van der Waals surface area (Å²) in [5.74, 6) is -0.158. The van der Waals surface area contributed by atoms with E-state index in [0.29, 0.717) is 13.1 Å². The number of benzene rings is 3. The number of rotatable bonds is 5. The topological polar surface area (TPSA) is 26.8 Å². The van der Waals surface area contributed by atoms with Crippen molar-refractivity contribution in [3.63, 3.8) is 0 Å². The fourth-order valence-corrected chi connectivity index (χ4v) is 4.16. The molecule has 1 atom stereocenters. The van der Waals surface area contributed by atoms with Gasteiger partial charge in [-0.05, 0) is 47.5 Å². The van der Waals surface area contributed by atoms with E-state index in [-0.39, 0.29) is 17.8 Å². The lowest BCUT2D eigenvalue weighted by atomic mass is 9.96. The molecule has 3 aromatic rings. The Morgan fingerprint density at radius 2 is 1.39 bits per heavy atom.